The predicted octanol–water partition coefficient (Wildman–Crippen LogP) is 2.16. The van der Waals surface area contributed by atoms with Gasteiger partial charge in [0.2, 0.25) is 5.91 Å². The highest BCUT2D eigenvalue weighted by molar-refractivity contribution is 5.81. The molecule has 2 saturated carbocycles. The van der Waals surface area contributed by atoms with Crippen LogP contribution in [0.3, 0.4) is 0 Å². The van der Waals surface area contributed by atoms with E-state index in [9.17, 15) is 9.59 Å². The Morgan fingerprint density at radius 3 is 2.30 bits per heavy atom. The molecule has 3 N–H and O–H groups in total. The lowest BCUT2D eigenvalue weighted by molar-refractivity contribution is -0.123. The second-order valence-electron chi connectivity index (χ2n) is 7.87. The minimum Gasteiger partial charge on any atom is -0.444 e. The molecule has 6 nitrogen and oxygen atoms in total. The summed E-state index contributed by atoms with van der Waals surface area (Å²) in [4.78, 5) is 26.5. The zero-order valence-electron chi connectivity index (χ0n) is 14.8. The molecule has 6 heteroatoms. The van der Waals surface area contributed by atoms with E-state index in [1.807, 2.05) is 25.7 Å². The first kappa shape index (κ1) is 18.0. The van der Waals surface area contributed by atoms with Crippen molar-refractivity contribution in [3.05, 3.63) is 0 Å². The van der Waals surface area contributed by atoms with E-state index >= 15 is 0 Å². The van der Waals surface area contributed by atoms with Crippen LogP contribution >= 0.6 is 0 Å². The Morgan fingerprint density at radius 2 is 1.78 bits per heavy atom. The van der Waals surface area contributed by atoms with Crippen molar-refractivity contribution in [3.8, 4) is 0 Å². The van der Waals surface area contributed by atoms with Crippen molar-refractivity contribution in [2.24, 2.45) is 5.73 Å². The fourth-order valence-corrected chi connectivity index (χ4v) is 3.15. The summed E-state index contributed by atoms with van der Waals surface area (Å²) >= 11 is 0. The lowest BCUT2D eigenvalue weighted by atomic mass is 9.89. The van der Waals surface area contributed by atoms with Crippen molar-refractivity contribution in [3.63, 3.8) is 0 Å². The molecule has 3 atom stereocenters. The number of hydrogen-bond donors (Lipinski definition) is 2. The number of hydrogen-bond acceptors (Lipinski definition) is 4. The summed E-state index contributed by atoms with van der Waals surface area (Å²) < 4.78 is 5.60. The highest BCUT2D eigenvalue weighted by atomic mass is 16.6. The smallest absolute Gasteiger partial charge is 0.410 e. The normalized spacial score (nSPS) is 26.3. The van der Waals surface area contributed by atoms with Gasteiger partial charge in [-0.2, -0.15) is 0 Å². The number of nitrogens with zero attached hydrogens (tertiary/aromatic N) is 1. The van der Waals surface area contributed by atoms with E-state index in [0.29, 0.717) is 0 Å². The number of amides is 2. The molecule has 2 aliphatic rings. The Hall–Kier alpha value is -1.30. The largest absolute Gasteiger partial charge is 0.444 e. The summed E-state index contributed by atoms with van der Waals surface area (Å²) in [7, 11) is 0. The Labute approximate surface area is 139 Å². The van der Waals surface area contributed by atoms with Gasteiger partial charge >= 0.3 is 6.09 Å². The molecule has 0 radical (unpaired) electrons. The average Bonchev–Trinajstić information content (AvgIpc) is 3.23. The maximum Gasteiger partial charge on any atom is 0.410 e. The van der Waals surface area contributed by atoms with Crippen molar-refractivity contribution < 1.29 is 14.3 Å². The monoisotopic (exact) mass is 325 g/mol. The van der Waals surface area contributed by atoms with Gasteiger partial charge in [-0.15, -0.1) is 0 Å². The average molecular weight is 325 g/mol. The fraction of sp³-hybridized carbons (Fsp3) is 0.882. The van der Waals surface area contributed by atoms with Gasteiger partial charge in [-0.1, -0.05) is 12.8 Å². The molecule has 0 heterocycles. The zero-order chi connectivity index (χ0) is 17.2. The Morgan fingerprint density at radius 1 is 1.17 bits per heavy atom. The van der Waals surface area contributed by atoms with Crippen molar-refractivity contribution in [2.45, 2.75) is 96.0 Å². The van der Waals surface area contributed by atoms with Crippen molar-refractivity contribution in [1.29, 1.82) is 0 Å². The maximum atomic E-state index is 12.7. The molecule has 0 aliphatic heterocycles. The van der Waals surface area contributed by atoms with Gasteiger partial charge in [0.1, 0.15) is 5.60 Å². The molecule has 2 amide bonds. The molecule has 0 aromatic rings. The van der Waals surface area contributed by atoms with Crippen LogP contribution in [-0.2, 0) is 9.53 Å². The Kier molecular flexibility index (Phi) is 5.55. The molecule has 132 valence electrons. The van der Waals surface area contributed by atoms with E-state index in [1.54, 1.807) is 6.92 Å². The van der Waals surface area contributed by atoms with Crippen LogP contribution < -0.4 is 11.1 Å². The van der Waals surface area contributed by atoms with E-state index in [1.165, 1.54) is 0 Å². The first-order valence-corrected chi connectivity index (χ1v) is 8.76. The number of rotatable bonds is 4. The lowest BCUT2D eigenvalue weighted by Gasteiger charge is -2.41. The molecule has 2 fully saturated rings. The quantitative estimate of drug-likeness (QED) is 0.829. The molecular weight excluding hydrogens is 294 g/mol. The van der Waals surface area contributed by atoms with E-state index in [4.69, 9.17) is 10.5 Å². The molecule has 2 rings (SSSR count). The van der Waals surface area contributed by atoms with Crippen LogP contribution in [0.4, 0.5) is 4.79 Å². The van der Waals surface area contributed by atoms with Crippen molar-refractivity contribution in [1.82, 2.24) is 10.2 Å². The molecule has 0 bridgehead atoms. The van der Waals surface area contributed by atoms with Crippen LogP contribution in [0, 0.1) is 0 Å². The van der Waals surface area contributed by atoms with E-state index in [2.05, 4.69) is 5.32 Å². The lowest BCUT2D eigenvalue weighted by Crippen LogP contribution is -2.58. The topological polar surface area (TPSA) is 84.7 Å². The van der Waals surface area contributed by atoms with Gasteiger partial charge < -0.3 is 20.7 Å². The van der Waals surface area contributed by atoms with Gasteiger partial charge in [0.25, 0.3) is 0 Å². The van der Waals surface area contributed by atoms with Crippen LogP contribution in [0.2, 0.25) is 0 Å². The highest BCUT2D eigenvalue weighted by Gasteiger charge is 2.43. The first-order valence-electron chi connectivity index (χ1n) is 8.76. The van der Waals surface area contributed by atoms with E-state index in [-0.39, 0.29) is 30.1 Å². The van der Waals surface area contributed by atoms with Crippen LogP contribution in [0.15, 0.2) is 0 Å². The molecule has 0 saturated heterocycles. The van der Waals surface area contributed by atoms with Gasteiger partial charge in [0.05, 0.1) is 12.1 Å². The number of ether oxygens (including phenoxy) is 1. The molecule has 0 spiro atoms. The minimum atomic E-state index is -0.534. The SMILES string of the molecule is C[C@H](N)C(=O)N[C@@H]1CCCC[C@@H]1N(C(=O)OC(C)(C)C)C1CC1. The Bertz CT molecular complexity index is 441. The number of carbonyl (C=O) groups excluding carboxylic acids is 2. The second-order valence-corrected chi connectivity index (χ2v) is 7.87. The zero-order valence-corrected chi connectivity index (χ0v) is 14.8. The van der Waals surface area contributed by atoms with E-state index < -0.39 is 11.6 Å². The van der Waals surface area contributed by atoms with Gasteiger partial charge in [-0.05, 0) is 53.4 Å². The summed E-state index contributed by atoms with van der Waals surface area (Å²) in [6, 6.07) is -0.305. The van der Waals surface area contributed by atoms with Crippen molar-refractivity contribution in [2.75, 3.05) is 0 Å². The van der Waals surface area contributed by atoms with Gasteiger partial charge in [0, 0.05) is 12.1 Å². The third-order valence-corrected chi connectivity index (χ3v) is 4.37. The molecule has 23 heavy (non-hydrogen) atoms. The van der Waals surface area contributed by atoms with Crippen LogP contribution in [0.25, 0.3) is 0 Å². The van der Waals surface area contributed by atoms with E-state index in [0.717, 1.165) is 38.5 Å². The summed E-state index contributed by atoms with van der Waals surface area (Å²) in [6.45, 7) is 7.32. The first-order chi connectivity index (χ1) is 10.7. The standard InChI is InChI=1S/C17H31N3O3/c1-11(18)15(21)19-13-7-5-6-8-14(13)20(12-9-10-12)16(22)23-17(2,3)4/h11-14H,5-10,18H2,1-4H3,(H,19,21)/t11-,13+,14-/m0/s1. The van der Waals surface area contributed by atoms with Crippen LogP contribution in [-0.4, -0.2) is 46.7 Å². The maximum absolute atomic E-state index is 12.7. The number of carbonyl (C=O) groups is 2. The number of nitrogens with two attached hydrogens (primary N) is 1. The van der Waals surface area contributed by atoms with Crippen LogP contribution in [0.1, 0.15) is 66.2 Å². The number of nitrogens with one attached hydrogen (secondary N) is 1. The molecule has 2 aliphatic carbocycles. The third kappa shape index (κ3) is 5.09. The summed E-state index contributed by atoms with van der Waals surface area (Å²) in [6.07, 6.45) is 5.70. The summed E-state index contributed by atoms with van der Waals surface area (Å²) in [5.74, 6) is -0.151. The van der Waals surface area contributed by atoms with Gasteiger partial charge in [0.15, 0.2) is 0 Å². The highest BCUT2D eigenvalue weighted by Crippen LogP contribution is 2.35. The Balaban J connectivity index is 2.11. The summed E-state index contributed by atoms with van der Waals surface area (Å²) in [5.41, 5.74) is 5.16. The molecule has 0 aromatic heterocycles. The predicted molar refractivity (Wildman–Crippen MR) is 88.9 cm³/mol. The van der Waals surface area contributed by atoms with Gasteiger partial charge in [-0.25, -0.2) is 4.79 Å². The molecular formula is C17H31N3O3. The fourth-order valence-electron chi connectivity index (χ4n) is 3.15. The van der Waals surface area contributed by atoms with Gasteiger partial charge in [-0.3, -0.25) is 4.79 Å². The van der Waals surface area contributed by atoms with Crippen LogP contribution in [0.5, 0.6) is 0 Å². The summed E-state index contributed by atoms with van der Waals surface area (Å²) in [5, 5.41) is 3.04. The second kappa shape index (κ2) is 7.07. The molecule has 0 aromatic carbocycles. The third-order valence-electron chi connectivity index (χ3n) is 4.37. The molecule has 0 unspecified atom stereocenters. The minimum absolute atomic E-state index is 0.00815. The van der Waals surface area contributed by atoms with Crippen molar-refractivity contribution >= 4 is 12.0 Å².